The first kappa shape index (κ1) is 12.9. The Balaban J connectivity index is 1.79. The Kier molecular flexibility index (Phi) is 3.54. The standard InChI is InChI=1S/C16H20N4/c1-3-19-11-14(10-17-19)12-20-16(9-13(2)18-20)15-7-5-4-6-8-15/h4-8,10-11,16H,3,9,12H2,1-2H3/t16-/m1/s1. The van der Waals surface area contributed by atoms with Crippen LogP contribution in [0.3, 0.4) is 0 Å². The average molecular weight is 268 g/mol. The summed E-state index contributed by atoms with van der Waals surface area (Å²) in [4.78, 5) is 0. The van der Waals surface area contributed by atoms with Crippen molar-refractivity contribution in [2.24, 2.45) is 5.10 Å². The van der Waals surface area contributed by atoms with Crippen LogP contribution in [0.15, 0.2) is 47.8 Å². The molecule has 2 aromatic rings. The second-order valence-corrected chi connectivity index (χ2v) is 5.27. The minimum absolute atomic E-state index is 0.348. The summed E-state index contributed by atoms with van der Waals surface area (Å²) in [6.07, 6.45) is 5.05. The molecule has 1 atom stereocenters. The van der Waals surface area contributed by atoms with Gasteiger partial charge in [-0.15, -0.1) is 0 Å². The van der Waals surface area contributed by atoms with Gasteiger partial charge < -0.3 is 0 Å². The summed E-state index contributed by atoms with van der Waals surface area (Å²) < 4.78 is 1.96. The van der Waals surface area contributed by atoms with Gasteiger partial charge in [-0.3, -0.25) is 9.69 Å². The number of nitrogens with zero attached hydrogens (tertiary/aromatic N) is 4. The highest BCUT2D eigenvalue weighted by atomic mass is 15.5. The molecule has 3 rings (SSSR count). The molecule has 2 heterocycles. The summed E-state index contributed by atoms with van der Waals surface area (Å²) in [7, 11) is 0. The Morgan fingerprint density at radius 3 is 2.75 bits per heavy atom. The third-order valence-corrected chi connectivity index (χ3v) is 3.69. The van der Waals surface area contributed by atoms with E-state index < -0.39 is 0 Å². The molecule has 104 valence electrons. The Morgan fingerprint density at radius 1 is 1.25 bits per heavy atom. The fourth-order valence-corrected chi connectivity index (χ4v) is 2.67. The van der Waals surface area contributed by atoms with Gasteiger partial charge in [-0.2, -0.15) is 10.2 Å². The zero-order chi connectivity index (χ0) is 13.9. The van der Waals surface area contributed by atoms with Gasteiger partial charge in [0, 0.05) is 30.4 Å². The van der Waals surface area contributed by atoms with Crippen LogP contribution >= 0.6 is 0 Å². The van der Waals surface area contributed by atoms with Crippen LogP contribution in [0.5, 0.6) is 0 Å². The molecule has 1 aliphatic heterocycles. The first-order valence-electron chi connectivity index (χ1n) is 7.13. The first-order chi connectivity index (χ1) is 9.76. The molecule has 0 radical (unpaired) electrons. The maximum absolute atomic E-state index is 4.69. The summed E-state index contributed by atoms with van der Waals surface area (Å²) in [5.74, 6) is 0. The lowest BCUT2D eigenvalue weighted by molar-refractivity contribution is 0.224. The molecule has 4 heteroatoms. The lowest BCUT2D eigenvalue weighted by Gasteiger charge is -2.23. The van der Waals surface area contributed by atoms with Gasteiger partial charge in [0.15, 0.2) is 0 Å². The molecule has 4 nitrogen and oxygen atoms in total. The van der Waals surface area contributed by atoms with Gasteiger partial charge in [-0.1, -0.05) is 30.3 Å². The van der Waals surface area contributed by atoms with E-state index in [9.17, 15) is 0 Å². The van der Waals surface area contributed by atoms with Crippen LogP contribution in [0.1, 0.15) is 37.4 Å². The monoisotopic (exact) mass is 268 g/mol. The van der Waals surface area contributed by atoms with Crippen molar-refractivity contribution in [2.75, 3.05) is 0 Å². The lowest BCUT2D eigenvalue weighted by atomic mass is 10.0. The van der Waals surface area contributed by atoms with Crippen LogP contribution in [0.4, 0.5) is 0 Å². The van der Waals surface area contributed by atoms with Crippen molar-refractivity contribution < 1.29 is 0 Å². The fourth-order valence-electron chi connectivity index (χ4n) is 2.67. The quantitative estimate of drug-likeness (QED) is 0.853. The van der Waals surface area contributed by atoms with Crippen molar-refractivity contribution in [1.29, 1.82) is 0 Å². The fraction of sp³-hybridized carbons (Fsp3) is 0.375. The zero-order valence-electron chi connectivity index (χ0n) is 12.0. The maximum atomic E-state index is 4.69. The highest BCUT2D eigenvalue weighted by Crippen LogP contribution is 2.31. The van der Waals surface area contributed by atoms with Gasteiger partial charge in [-0.25, -0.2) is 0 Å². The maximum Gasteiger partial charge on any atom is 0.0776 e. The molecular weight excluding hydrogens is 248 g/mol. The highest BCUT2D eigenvalue weighted by molar-refractivity contribution is 5.83. The van der Waals surface area contributed by atoms with Crippen LogP contribution in [0.2, 0.25) is 0 Å². The Hall–Kier alpha value is -2.10. The molecular formula is C16H20N4. The minimum Gasteiger partial charge on any atom is -0.285 e. The zero-order valence-corrected chi connectivity index (χ0v) is 12.0. The molecule has 1 aliphatic rings. The predicted molar refractivity (Wildman–Crippen MR) is 80.4 cm³/mol. The molecule has 0 amide bonds. The smallest absolute Gasteiger partial charge is 0.0776 e. The SMILES string of the molecule is CCn1cc(CN2N=C(C)C[C@@H]2c2ccccc2)cn1. The molecule has 1 aromatic carbocycles. The molecule has 0 aliphatic carbocycles. The van der Waals surface area contributed by atoms with E-state index in [0.29, 0.717) is 6.04 Å². The van der Waals surface area contributed by atoms with E-state index in [1.54, 1.807) is 0 Å². The van der Waals surface area contributed by atoms with Crippen LogP contribution in [0, 0.1) is 0 Å². The Morgan fingerprint density at radius 2 is 2.05 bits per heavy atom. The first-order valence-corrected chi connectivity index (χ1v) is 7.13. The number of aryl methyl sites for hydroxylation is 1. The number of benzene rings is 1. The summed E-state index contributed by atoms with van der Waals surface area (Å²) in [5, 5.41) is 11.2. The van der Waals surface area contributed by atoms with Gasteiger partial charge in [0.1, 0.15) is 0 Å². The van der Waals surface area contributed by atoms with E-state index in [2.05, 4.69) is 65.6 Å². The minimum atomic E-state index is 0.348. The summed E-state index contributed by atoms with van der Waals surface area (Å²) in [6, 6.07) is 11.0. The van der Waals surface area contributed by atoms with Crippen molar-refractivity contribution in [3.8, 4) is 0 Å². The Labute approximate surface area is 119 Å². The van der Waals surface area contributed by atoms with Crippen molar-refractivity contribution in [2.45, 2.75) is 39.4 Å². The third kappa shape index (κ3) is 2.59. The molecule has 0 N–H and O–H groups in total. The molecule has 1 aromatic heterocycles. The molecule has 0 fully saturated rings. The van der Waals surface area contributed by atoms with Crippen molar-refractivity contribution in [3.05, 3.63) is 53.9 Å². The second-order valence-electron chi connectivity index (χ2n) is 5.27. The number of aromatic nitrogens is 2. The molecule has 0 saturated heterocycles. The Bertz CT molecular complexity index is 600. The van der Waals surface area contributed by atoms with Crippen LogP contribution in [-0.4, -0.2) is 20.5 Å². The van der Waals surface area contributed by atoms with Crippen LogP contribution < -0.4 is 0 Å². The van der Waals surface area contributed by atoms with Crippen molar-refractivity contribution in [3.63, 3.8) is 0 Å². The summed E-state index contributed by atoms with van der Waals surface area (Å²) in [5.41, 5.74) is 3.74. The van der Waals surface area contributed by atoms with E-state index in [0.717, 1.165) is 19.5 Å². The van der Waals surface area contributed by atoms with E-state index in [1.165, 1.54) is 16.8 Å². The predicted octanol–water partition coefficient (Wildman–Crippen LogP) is 3.23. The lowest BCUT2D eigenvalue weighted by Crippen LogP contribution is -2.18. The average Bonchev–Trinajstić information content (AvgIpc) is 3.07. The van der Waals surface area contributed by atoms with Gasteiger partial charge in [0.25, 0.3) is 0 Å². The normalized spacial score (nSPS) is 18.4. The summed E-state index contributed by atoms with van der Waals surface area (Å²) in [6.45, 7) is 5.93. The van der Waals surface area contributed by atoms with Crippen molar-refractivity contribution in [1.82, 2.24) is 14.8 Å². The van der Waals surface area contributed by atoms with Gasteiger partial charge in [0.05, 0.1) is 18.8 Å². The van der Waals surface area contributed by atoms with Crippen LogP contribution in [-0.2, 0) is 13.1 Å². The number of hydrazone groups is 1. The topological polar surface area (TPSA) is 33.4 Å². The van der Waals surface area contributed by atoms with E-state index in [4.69, 9.17) is 0 Å². The molecule has 0 spiro atoms. The van der Waals surface area contributed by atoms with E-state index in [1.807, 2.05) is 10.9 Å². The van der Waals surface area contributed by atoms with Crippen molar-refractivity contribution >= 4 is 5.71 Å². The highest BCUT2D eigenvalue weighted by Gasteiger charge is 2.26. The van der Waals surface area contributed by atoms with E-state index in [-0.39, 0.29) is 0 Å². The second kappa shape index (κ2) is 5.49. The van der Waals surface area contributed by atoms with E-state index >= 15 is 0 Å². The number of hydrogen-bond donors (Lipinski definition) is 0. The van der Waals surface area contributed by atoms with Crippen LogP contribution in [0.25, 0.3) is 0 Å². The van der Waals surface area contributed by atoms with Gasteiger partial charge in [-0.05, 0) is 19.4 Å². The molecule has 20 heavy (non-hydrogen) atoms. The molecule has 0 bridgehead atoms. The third-order valence-electron chi connectivity index (χ3n) is 3.69. The number of rotatable bonds is 4. The number of hydrogen-bond acceptors (Lipinski definition) is 3. The largest absolute Gasteiger partial charge is 0.285 e. The molecule has 0 unspecified atom stereocenters. The van der Waals surface area contributed by atoms with Gasteiger partial charge in [0.2, 0.25) is 0 Å². The summed E-state index contributed by atoms with van der Waals surface area (Å²) >= 11 is 0. The van der Waals surface area contributed by atoms with Gasteiger partial charge >= 0.3 is 0 Å². The molecule has 0 saturated carbocycles.